The quantitative estimate of drug-likeness (QED) is 0.686. The van der Waals surface area contributed by atoms with Gasteiger partial charge in [0.25, 0.3) is 0 Å². The number of aromatic nitrogens is 2. The van der Waals surface area contributed by atoms with Crippen molar-refractivity contribution in [3.05, 3.63) is 63.9 Å². The lowest BCUT2D eigenvalue weighted by Crippen LogP contribution is -2.06. The third kappa shape index (κ3) is 3.41. The zero-order chi connectivity index (χ0) is 18.8. The highest BCUT2D eigenvalue weighted by Crippen LogP contribution is 2.24. The van der Waals surface area contributed by atoms with Gasteiger partial charge in [0.2, 0.25) is 0 Å². The summed E-state index contributed by atoms with van der Waals surface area (Å²) in [5.41, 5.74) is 2.89. The summed E-state index contributed by atoms with van der Waals surface area (Å²) in [5, 5.41) is 9.42. The fraction of sp³-hybridized carbons (Fsp3) is 0.211. The van der Waals surface area contributed by atoms with Crippen molar-refractivity contribution in [2.24, 2.45) is 0 Å². The number of fused-ring (bicyclic) bond motifs is 1. The van der Waals surface area contributed by atoms with E-state index in [1.165, 1.54) is 12.1 Å². The summed E-state index contributed by atoms with van der Waals surface area (Å²) < 4.78 is 6.98. The molecule has 0 atom stereocenters. The number of ether oxygens (including phenoxy) is 1. The van der Waals surface area contributed by atoms with Gasteiger partial charge in [-0.25, -0.2) is 14.6 Å². The average Bonchev–Trinajstić information content (AvgIpc) is 2.91. The summed E-state index contributed by atoms with van der Waals surface area (Å²) in [6, 6.07) is 9.84. The number of carboxylic acid groups (broad SMARTS) is 1. The molecule has 2 aromatic carbocycles. The molecule has 0 fully saturated rings. The van der Waals surface area contributed by atoms with Crippen molar-refractivity contribution in [2.75, 3.05) is 6.61 Å². The van der Waals surface area contributed by atoms with Gasteiger partial charge in [0.1, 0.15) is 5.82 Å². The first-order valence-electron chi connectivity index (χ1n) is 8.06. The van der Waals surface area contributed by atoms with Crippen molar-refractivity contribution < 1.29 is 19.4 Å². The highest BCUT2D eigenvalue weighted by atomic mass is 35.5. The van der Waals surface area contributed by atoms with E-state index in [4.69, 9.17) is 21.4 Å². The van der Waals surface area contributed by atoms with Crippen molar-refractivity contribution >= 4 is 34.6 Å². The van der Waals surface area contributed by atoms with Gasteiger partial charge in [-0.05, 0) is 49.7 Å². The molecule has 3 aromatic rings. The predicted octanol–water partition coefficient (Wildman–Crippen LogP) is 3.92. The lowest BCUT2D eigenvalue weighted by molar-refractivity contribution is 0.0526. The lowest BCUT2D eigenvalue weighted by Gasteiger charge is -2.10. The zero-order valence-electron chi connectivity index (χ0n) is 14.3. The summed E-state index contributed by atoms with van der Waals surface area (Å²) in [7, 11) is 0. The lowest BCUT2D eigenvalue weighted by atomic mass is 10.1. The minimum atomic E-state index is -1.03. The molecular weight excluding hydrogens is 356 g/mol. The maximum absolute atomic E-state index is 12.0. The Morgan fingerprint density at radius 1 is 1.19 bits per heavy atom. The largest absolute Gasteiger partial charge is 0.478 e. The molecule has 1 N–H and O–H groups in total. The van der Waals surface area contributed by atoms with E-state index in [1.54, 1.807) is 31.2 Å². The van der Waals surface area contributed by atoms with E-state index in [0.717, 1.165) is 22.4 Å². The van der Waals surface area contributed by atoms with Gasteiger partial charge in [-0.2, -0.15) is 0 Å². The molecule has 0 amide bonds. The third-order valence-corrected chi connectivity index (χ3v) is 4.43. The number of rotatable bonds is 5. The van der Waals surface area contributed by atoms with Crippen molar-refractivity contribution in [3.8, 4) is 0 Å². The molecule has 0 spiro atoms. The van der Waals surface area contributed by atoms with Crippen LogP contribution in [0.2, 0.25) is 5.02 Å². The van der Waals surface area contributed by atoms with Crippen molar-refractivity contribution in [2.45, 2.75) is 20.4 Å². The van der Waals surface area contributed by atoms with Crippen LogP contribution in [0.1, 0.15) is 39.0 Å². The Labute approximate surface area is 155 Å². The van der Waals surface area contributed by atoms with Crippen LogP contribution in [-0.2, 0) is 11.3 Å². The molecule has 1 heterocycles. The topological polar surface area (TPSA) is 81.4 Å². The maximum Gasteiger partial charge on any atom is 0.338 e. The van der Waals surface area contributed by atoms with Gasteiger partial charge >= 0.3 is 11.9 Å². The fourth-order valence-corrected chi connectivity index (χ4v) is 3.00. The molecule has 0 bridgehead atoms. The number of carbonyl (C=O) groups excluding carboxylic acids is 1. The second kappa shape index (κ2) is 7.17. The van der Waals surface area contributed by atoms with Gasteiger partial charge in [0.15, 0.2) is 0 Å². The Bertz CT molecular complexity index is 1010. The molecule has 0 aliphatic heterocycles. The van der Waals surface area contributed by atoms with Crippen molar-refractivity contribution in [1.29, 1.82) is 0 Å². The number of imidazole rings is 1. The normalized spacial score (nSPS) is 10.9. The van der Waals surface area contributed by atoms with Gasteiger partial charge in [-0.3, -0.25) is 0 Å². The highest BCUT2D eigenvalue weighted by molar-refractivity contribution is 6.31. The summed E-state index contributed by atoms with van der Waals surface area (Å²) in [6.45, 7) is 4.34. The monoisotopic (exact) mass is 372 g/mol. The first-order chi connectivity index (χ1) is 12.4. The molecule has 0 saturated carbocycles. The Kier molecular flexibility index (Phi) is 4.95. The van der Waals surface area contributed by atoms with Gasteiger partial charge in [0.05, 0.1) is 35.3 Å². The third-order valence-electron chi connectivity index (χ3n) is 4.08. The number of hydrogen-bond acceptors (Lipinski definition) is 4. The maximum atomic E-state index is 12.0. The number of esters is 1. The number of benzene rings is 2. The van der Waals surface area contributed by atoms with Crippen LogP contribution in [0.5, 0.6) is 0 Å². The van der Waals surface area contributed by atoms with Gasteiger partial charge in [0, 0.05) is 5.02 Å². The second-order valence-electron chi connectivity index (χ2n) is 5.78. The average molecular weight is 373 g/mol. The molecule has 1 aromatic heterocycles. The van der Waals surface area contributed by atoms with Crippen LogP contribution in [0.3, 0.4) is 0 Å². The minimum absolute atomic E-state index is 0.135. The SMILES string of the molecule is CCOC(=O)c1ccc2nc(C)n(Cc3ccc(C(=O)O)cc3Cl)c2c1. The Hall–Kier alpha value is -2.86. The van der Waals surface area contributed by atoms with E-state index in [9.17, 15) is 9.59 Å². The molecule has 0 saturated heterocycles. The van der Waals surface area contributed by atoms with Crippen LogP contribution in [0.15, 0.2) is 36.4 Å². The number of aromatic carboxylic acids is 1. The second-order valence-corrected chi connectivity index (χ2v) is 6.19. The predicted molar refractivity (Wildman–Crippen MR) is 97.9 cm³/mol. The molecule has 0 radical (unpaired) electrons. The van der Waals surface area contributed by atoms with Gasteiger partial charge in [-0.15, -0.1) is 0 Å². The van der Waals surface area contributed by atoms with E-state index in [-0.39, 0.29) is 11.5 Å². The van der Waals surface area contributed by atoms with Crippen LogP contribution in [0, 0.1) is 6.92 Å². The van der Waals surface area contributed by atoms with Crippen LogP contribution < -0.4 is 0 Å². The van der Waals surface area contributed by atoms with E-state index in [2.05, 4.69) is 4.98 Å². The van der Waals surface area contributed by atoms with E-state index < -0.39 is 5.97 Å². The number of halogens is 1. The van der Waals surface area contributed by atoms with E-state index >= 15 is 0 Å². The molecule has 134 valence electrons. The fourth-order valence-electron chi connectivity index (χ4n) is 2.76. The van der Waals surface area contributed by atoms with Crippen molar-refractivity contribution in [1.82, 2.24) is 9.55 Å². The number of nitrogens with zero attached hydrogens (tertiary/aromatic N) is 2. The van der Waals surface area contributed by atoms with E-state index in [1.807, 2.05) is 11.5 Å². The molecule has 0 aliphatic carbocycles. The molecular formula is C19H17ClN2O4. The summed E-state index contributed by atoms with van der Waals surface area (Å²) in [5.74, 6) is -0.648. The van der Waals surface area contributed by atoms with E-state index in [0.29, 0.717) is 23.7 Å². The zero-order valence-corrected chi connectivity index (χ0v) is 15.1. The summed E-state index contributed by atoms with van der Waals surface area (Å²) in [4.78, 5) is 27.5. The number of hydrogen-bond donors (Lipinski definition) is 1. The number of carboxylic acids is 1. The summed E-state index contributed by atoms with van der Waals surface area (Å²) >= 11 is 6.25. The molecule has 7 heteroatoms. The Balaban J connectivity index is 2.02. The van der Waals surface area contributed by atoms with Crippen LogP contribution in [0.4, 0.5) is 0 Å². The number of carbonyl (C=O) groups is 2. The van der Waals surface area contributed by atoms with Gasteiger partial charge < -0.3 is 14.4 Å². The minimum Gasteiger partial charge on any atom is -0.478 e. The molecule has 0 aliphatic rings. The molecule has 0 unspecified atom stereocenters. The van der Waals surface area contributed by atoms with Gasteiger partial charge in [-0.1, -0.05) is 17.7 Å². The first-order valence-corrected chi connectivity index (χ1v) is 8.44. The smallest absolute Gasteiger partial charge is 0.338 e. The highest BCUT2D eigenvalue weighted by Gasteiger charge is 2.14. The Morgan fingerprint density at radius 3 is 2.58 bits per heavy atom. The molecule has 6 nitrogen and oxygen atoms in total. The molecule has 26 heavy (non-hydrogen) atoms. The summed E-state index contributed by atoms with van der Waals surface area (Å²) in [6.07, 6.45) is 0. The Morgan fingerprint density at radius 2 is 1.92 bits per heavy atom. The van der Waals surface area contributed by atoms with Crippen LogP contribution in [-0.4, -0.2) is 33.2 Å². The van der Waals surface area contributed by atoms with Crippen LogP contribution >= 0.6 is 11.6 Å². The molecule has 3 rings (SSSR count). The number of aryl methyl sites for hydroxylation is 1. The van der Waals surface area contributed by atoms with Crippen LogP contribution in [0.25, 0.3) is 11.0 Å². The standard InChI is InChI=1S/C19H17ClN2O4/c1-3-26-19(25)13-6-7-16-17(9-13)22(11(2)21-16)10-14-5-4-12(18(23)24)8-15(14)20/h4-9H,3,10H2,1-2H3,(H,23,24). The first kappa shape index (κ1) is 17.9. The van der Waals surface area contributed by atoms with Crippen molar-refractivity contribution in [3.63, 3.8) is 0 Å².